The Labute approximate surface area is 125 Å². The summed E-state index contributed by atoms with van der Waals surface area (Å²) >= 11 is 0. The third kappa shape index (κ3) is 7.06. The Balaban J connectivity index is 2.51. The SMILES string of the molecule is CC(C)CCN(C)Cc1ccccc1CCNC(C)C. The highest BCUT2D eigenvalue weighted by atomic mass is 15.1. The predicted octanol–water partition coefficient (Wildman–Crippen LogP) is 3.71. The van der Waals surface area contributed by atoms with Crippen molar-refractivity contribution < 1.29 is 0 Å². The van der Waals surface area contributed by atoms with Gasteiger partial charge in [0.05, 0.1) is 0 Å². The van der Waals surface area contributed by atoms with Crippen LogP contribution in [-0.2, 0) is 13.0 Å². The van der Waals surface area contributed by atoms with Gasteiger partial charge in [0.25, 0.3) is 0 Å². The molecule has 1 aromatic carbocycles. The average Bonchev–Trinajstić information content (AvgIpc) is 2.38. The standard InChI is InChI=1S/C18H32N2/c1-15(2)11-13-20(5)14-18-9-7-6-8-17(18)10-12-19-16(3)4/h6-9,15-16,19H,10-14H2,1-5H3. The van der Waals surface area contributed by atoms with Crippen molar-refractivity contribution in [2.45, 2.75) is 53.1 Å². The normalized spacial score (nSPS) is 11.8. The summed E-state index contributed by atoms with van der Waals surface area (Å²) in [4.78, 5) is 2.44. The second kappa shape index (κ2) is 9.15. The van der Waals surface area contributed by atoms with Gasteiger partial charge in [0.1, 0.15) is 0 Å². The molecule has 0 radical (unpaired) electrons. The molecule has 0 aliphatic rings. The molecule has 0 amide bonds. The van der Waals surface area contributed by atoms with Gasteiger partial charge in [0, 0.05) is 12.6 Å². The minimum atomic E-state index is 0.566. The molecule has 1 N–H and O–H groups in total. The van der Waals surface area contributed by atoms with Gasteiger partial charge in [-0.2, -0.15) is 0 Å². The van der Waals surface area contributed by atoms with Gasteiger partial charge in [-0.25, -0.2) is 0 Å². The van der Waals surface area contributed by atoms with E-state index in [1.54, 1.807) is 0 Å². The van der Waals surface area contributed by atoms with Gasteiger partial charge in [-0.1, -0.05) is 52.0 Å². The lowest BCUT2D eigenvalue weighted by atomic mass is 10.0. The van der Waals surface area contributed by atoms with Crippen LogP contribution in [0.4, 0.5) is 0 Å². The maximum atomic E-state index is 3.50. The fourth-order valence-electron chi connectivity index (χ4n) is 2.30. The average molecular weight is 276 g/mol. The van der Waals surface area contributed by atoms with Crippen LogP contribution in [0, 0.1) is 5.92 Å². The molecule has 2 nitrogen and oxygen atoms in total. The Morgan fingerprint density at radius 2 is 1.70 bits per heavy atom. The van der Waals surface area contributed by atoms with Crippen LogP contribution >= 0.6 is 0 Å². The molecular weight excluding hydrogens is 244 g/mol. The quantitative estimate of drug-likeness (QED) is 0.740. The molecule has 0 aliphatic heterocycles. The summed E-state index contributed by atoms with van der Waals surface area (Å²) in [7, 11) is 2.23. The highest BCUT2D eigenvalue weighted by Crippen LogP contribution is 2.12. The Bertz CT molecular complexity index is 371. The Hall–Kier alpha value is -0.860. The van der Waals surface area contributed by atoms with E-state index in [1.165, 1.54) is 24.1 Å². The van der Waals surface area contributed by atoms with E-state index in [1.807, 2.05) is 0 Å². The lowest BCUT2D eigenvalue weighted by Gasteiger charge is -2.20. The van der Waals surface area contributed by atoms with Crippen molar-refractivity contribution in [3.05, 3.63) is 35.4 Å². The van der Waals surface area contributed by atoms with Crippen molar-refractivity contribution in [3.63, 3.8) is 0 Å². The van der Waals surface area contributed by atoms with Gasteiger partial charge in [-0.05, 0) is 50.0 Å². The van der Waals surface area contributed by atoms with E-state index in [0.717, 1.165) is 25.4 Å². The zero-order valence-corrected chi connectivity index (χ0v) is 13.9. The first-order valence-corrected chi connectivity index (χ1v) is 7.97. The van der Waals surface area contributed by atoms with E-state index in [9.17, 15) is 0 Å². The molecule has 20 heavy (non-hydrogen) atoms. The highest BCUT2D eigenvalue weighted by Gasteiger charge is 2.06. The summed E-state index contributed by atoms with van der Waals surface area (Å²) in [6, 6.07) is 9.42. The molecule has 0 saturated carbocycles. The number of nitrogens with zero attached hydrogens (tertiary/aromatic N) is 1. The Kier molecular flexibility index (Phi) is 7.86. The fraction of sp³-hybridized carbons (Fsp3) is 0.667. The number of rotatable bonds is 9. The number of benzene rings is 1. The molecule has 0 spiro atoms. The first kappa shape index (κ1) is 17.2. The Morgan fingerprint density at radius 3 is 2.30 bits per heavy atom. The summed E-state index contributed by atoms with van der Waals surface area (Å²) in [6.07, 6.45) is 2.39. The van der Waals surface area contributed by atoms with Gasteiger partial charge in [0.2, 0.25) is 0 Å². The lowest BCUT2D eigenvalue weighted by Crippen LogP contribution is -2.26. The maximum absolute atomic E-state index is 3.50. The third-order valence-electron chi connectivity index (χ3n) is 3.59. The topological polar surface area (TPSA) is 15.3 Å². The van der Waals surface area contributed by atoms with Crippen molar-refractivity contribution in [1.29, 1.82) is 0 Å². The van der Waals surface area contributed by atoms with Crippen LogP contribution in [0.2, 0.25) is 0 Å². The van der Waals surface area contributed by atoms with Gasteiger partial charge < -0.3 is 10.2 Å². The fourth-order valence-corrected chi connectivity index (χ4v) is 2.30. The summed E-state index contributed by atoms with van der Waals surface area (Å²) < 4.78 is 0. The third-order valence-corrected chi connectivity index (χ3v) is 3.59. The summed E-state index contributed by atoms with van der Waals surface area (Å²) in [6.45, 7) is 12.3. The van der Waals surface area contributed by atoms with Gasteiger partial charge in [-0.3, -0.25) is 0 Å². The second-order valence-electron chi connectivity index (χ2n) is 6.55. The smallest absolute Gasteiger partial charge is 0.0233 e. The van der Waals surface area contributed by atoms with E-state index in [2.05, 4.69) is 69.2 Å². The first-order valence-electron chi connectivity index (χ1n) is 7.97. The van der Waals surface area contributed by atoms with E-state index < -0.39 is 0 Å². The van der Waals surface area contributed by atoms with Crippen molar-refractivity contribution >= 4 is 0 Å². The molecule has 0 saturated heterocycles. The van der Waals surface area contributed by atoms with Gasteiger partial charge in [0.15, 0.2) is 0 Å². The summed E-state index contributed by atoms with van der Waals surface area (Å²) in [5, 5.41) is 3.50. The van der Waals surface area contributed by atoms with Crippen molar-refractivity contribution in [2.24, 2.45) is 5.92 Å². The largest absolute Gasteiger partial charge is 0.314 e. The van der Waals surface area contributed by atoms with Crippen molar-refractivity contribution in [2.75, 3.05) is 20.1 Å². The summed E-state index contributed by atoms with van der Waals surface area (Å²) in [5.74, 6) is 0.780. The molecule has 0 heterocycles. The lowest BCUT2D eigenvalue weighted by molar-refractivity contribution is 0.302. The van der Waals surface area contributed by atoms with E-state index in [0.29, 0.717) is 6.04 Å². The molecule has 0 fully saturated rings. The van der Waals surface area contributed by atoms with Gasteiger partial charge >= 0.3 is 0 Å². The minimum absolute atomic E-state index is 0.566. The van der Waals surface area contributed by atoms with Crippen LogP contribution in [-0.4, -0.2) is 31.1 Å². The van der Waals surface area contributed by atoms with E-state index in [-0.39, 0.29) is 0 Å². The Morgan fingerprint density at radius 1 is 1.05 bits per heavy atom. The van der Waals surface area contributed by atoms with Crippen LogP contribution in [0.25, 0.3) is 0 Å². The van der Waals surface area contributed by atoms with Crippen LogP contribution in [0.1, 0.15) is 45.2 Å². The molecule has 0 unspecified atom stereocenters. The zero-order chi connectivity index (χ0) is 15.0. The molecule has 1 rings (SSSR count). The molecule has 0 atom stereocenters. The predicted molar refractivity (Wildman–Crippen MR) is 89.1 cm³/mol. The molecule has 114 valence electrons. The van der Waals surface area contributed by atoms with Crippen molar-refractivity contribution in [3.8, 4) is 0 Å². The first-order chi connectivity index (χ1) is 9.49. The molecular formula is C18H32N2. The number of nitrogens with one attached hydrogen (secondary N) is 1. The zero-order valence-electron chi connectivity index (χ0n) is 13.9. The maximum Gasteiger partial charge on any atom is 0.0233 e. The summed E-state index contributed by atoms with van der Waals surface area (Å²) in [5.41, 5.74) is 2.96. The van der Waals surface area contributed by atoms with Crippen LogP contribution in [0.3, 0.4) is 0 Å². The highest BCUT2D eigenvalue weighted by molar-refractivity contribution is 5.27. The molecule has 0 aliphatic carbocycles. The molecule has 0 aromatic heterocycles. The van der Waals surface area contributed by atoms with E-state index in [4.69, 9.17) is 0 Å². The van der Waals surface area contributed by atoms with Crippen LogP contribution < -0.4 is 5.32 Å². The second-order valence-corrected chi connectivity index (χ2v) is 6.55. The monoisotopic (exact) mass is 276 g/mol. The van der Waals surface area contributed by atoms with Crippen molar-refractivity contribution in [1.82, 2.24) is 10.2 Å². The minimum Gasteiger partial charge on any atom is -0.314 e. The number of hydrogen-bond donors (Lipinski definition) is 1. The van der Waals surface area contributed by atoms with Gasteiger partial charge in [-0.15, -0.1) is 0 Å². The molecule has 0 bridgehead atoms. The van der Waals surface area contributed by atoms with Crippen LogP contribution in [0.5, 0.6) is 0 Å². The number of hydrogen-bond acceptors (Lipinski definition) is 2. The van der Waals surface area contributed by atoms with Crippen LogP contribution in [0.15, 0.2) is 24.3 Å². The molecule has 1 aromatic rings. The van der Waals surface area contributed by atoms with E-state index >= 15 is 0 Å². The molecule has 2 heteroatoms.